The molecule has 2 N–H and O–H groups in total. The van der Waals surface area contributed by atoms with Gasteiger partial charge in [-0.25, -0.2) is 0 Å². The van der Waals surface area contributed by atoms with Crippen LogP contribution in [-0.2, 0) is 13.6 Å². The molecule has 1 aliphatic heterocycles. The van der Waals surface area contributed by atoms with Crippen molar-refractivity contribution >= 4 is 41.7 Å². The van der Waals surface area contributed by atoms with Gasteiger partial charge in [-0.1, -0.05) is 0 Å². The summed E-state index contributed by atoms with van der Waals surface area (Å²) in [6.07, 6.45) is 2.50. The summed E-state index contributed by atoms with van der Waals surface area (Å²) in [4.78, 5) is 4.26. The summed E-state index contributed by atoms with van der Waals surface area (Å²) >= 11 is 2.00. The number of thioether (sulfide) groups is 1. The van der Waals surface area contributed by atoms with Crippen LogP contribution in [-0.4, -0.2) is 45.3 Å². The third kappa shape index (κ3) is 4.80. The van der Waals surface area contributed by atoms with Crippen LogP contribution in [0.3, 0.4) is 0 Å². The lowest BCUT2D eigenvalue weighted by Gasteiger charge is -2.24. The molecule has 1 atom stereocenters. The molecule has 1 fully saturated rings. The highest BCUT2D eigenvalue weighted by Crippen LogP contribution is 2.16. The molecule has 8 heteroatoms. The number of hydrogen-bond donors (Lipinski definition) is 2. The van der Waals surface area contributed by atoms with Crippen LogP contribution in [0.4, 0.5) is 0 Å². The Morgan fingerprint density at radius 3 is 2.85 bits per heavy atom. The van der Waals surface area contributed by atoms with E-state index in [0.717, 1.165) is 23.4 Å². The fourth-order valence-corrected chi connectivity index (χ4v) is 3.08. The topological polar surface area (TPSA) is 67.1 Å². The van der Waals surface area contributed by atoms with Crippen molar-refractivity contribution in [3.8, 4) is 0 Å². The monoisotopic (exact) mass is 410 g/mol. The van der Waals surface area contributed by atoms with Crippen molar-refractivity contribution in [2.75, 3.05) is 18.6 Å². The lowest BCUT2D eigenvalue weighted by atomic mass is 10.2. The smallest absolute Gasteiger partial charge is 0.191 e. The molecule has 2 heterocycles. The Hall–Kier alpha value is -0.510. The number of rotatable bonds is 3. The number of aryl methyl sites for hydroxylation is 1. The first kappa shape index (κ1) is 17.5. The van der Waals surface area contributed by atoms with Crippen LogP contribution in [0.1, 0.15) is 24.5 Å². The van der Waals surface area contributed by atoms with E-state index in [9.17, 15) is 0 Å². The quantitative estimate of drug-likeness (QED) is 0.447. The molecule has 1 aliphatic rings. The predicted octanol–water partition coefficient (Wildman–Crippen LogP) is 1.30. The summed E-state index contributed by atoms with van der Waals surface area (Å²) in [5.74, 6) is 5.11. The van der Waals surface area contributed by atoms with E-state index < -0.39 is 0 Å². The van der Waals surface area contributed by atoms with Crippen molar-refractivity contribution in [1.82, 2.24) is 25.4 Å². The van der Waals surface area contributed by atoms with Crippen molar-refractivity contribution in [1.29, 1.82) is 0 Å². The minimum absolute atomic E-state index is 0. The highest BCUT2D eigenvalue weighted by atomic mass is 127. The molecule has 6 nitrogen and oxygen atoms in total. The molecular weight excluding hydrogens is 387 g/mol. The second kappa shape index (κ2) is 8.71. The van der Waals surface area contributed by atoms with Gasteiger partial charge in [0.1, 0.15) is 5.82 Å². The van der Waals surface area contributed by atoms with Gasteiger partial charge < -0.3 is 15.2 Å². The molecule has 114 valence electrons. The predicted molar refractivity (Wildman–Crippen MR) is 94.8 cm³/mol. The van der Waals surface area contributed by atoms with Crippen LogP contribution in [0.5, 0.6) is 0 Å². The van der Waals surface area contributed by atoms with Crippen molar-refractivity contribution in [3.63, 3.8) is 0 Å². The van der Waals surface area contributed by atoms with Crippen LogP contribution in [0.25, 0.3) is 0 Å². The van der Waals surface area contributed by atoms with Gasteiger partial charge in [0.2, 0.25) is 0 Å². The van der Waals surface area contributed by atoms with E-state index >= 15 is 0 Å². The average molecular weight is 410 g/mol. The summed E-state index contributed by atoms with van der Waals surface area (Å²) in [6, 6.07) is 0.520. The number of nitrogens with one attached hydrogen (secondary N) is 2. The van der Waals surface area contributed by atoms with Gasteiger partial charge >= 0.3 is 0 Å². The van der Waals surface area contributed by atoms with Crippen molar-refractivity contribution in [2.24, 2.45) is 12.0 Å². The Morgan fingerprint density at radius 1 is 1.50 bits per heavy atom. The van der Waals surface area contributed by atoms with Crippen molar-refractivity contribution in [2.45, 2.75) is 32.4 Å². The Labute approximate surface area is 141 Å². The van der Waals surface area contributed by atoms with Crippen LogP contribution < -0.4 is 10.6 Å². The second-order valence-electron chi connectivity index (χ2n) is 4.71. The minimum Gasteiger partial charge on any atom is -0.353 e. The maximum atomic E-state index is 4.26. The van der Waals surface area contributed by atoms with Crippen molar-refractivity contribution < 1.29 is 0 Å². The number of nitrogens with zero attached hydrogens (tertiary/aromatic N) is 4. The van der Waals surface area contributed by atoms with Crippen LogP contribution in [0, 0.1) is 6.92 Å². The minimum atomic E-state index is 0. The largest absolute Gasteiger partial charge is 0.353 e. The number of halogens is 1. The Kier molecular flexibility index (Phi) is 7.63. The summed E-state index contributed by atoms with van der Waals surface area (Å²) in [5.41, 5.74) is 0. The highest BCUT2D eigenvalue weighted by molar-refractivity contribution is 14.0. The number of aromatic nitrogens is 3. The molecule has 0 spiro atoms. The molecule has 1 aromatic heterocycles. The summed E-state index contributed by atoms with van der Waals surface area (Å²) < 4.78 is 1.98. The van der Waals surface area contributed by atoms with Crippen molar-refractivity contribution in [3.05, 3.63) is 11.6 Å². The maximum absolute atomic E-state index is 4.26. The maximum Gasteiger partial charge on any atom is 0.191 e. The zero-order valence-electron chi connectivity index (χ0n) is 12.2. The first-order valence-corrected chi connectivity index (χ1v) is 7.76. The molecule has 0 radical (unpaired) electrons. The lowest BCUT2D eigenvalue weighted by Crippen LogP contribution is -2.45. The molecule has 20 heavy (non-hydrogen) atoms. The van der Waals surface area contributed by atoms with E-state index in [0.29, 0.717) is 12.6 Å². The van der Waals surface area contributed by atoms with Gasteiger partial charge in [0, 0.05) is 25.9 Å². The number of guanidine groups is 1. The first-order chi connectivity index (χ1) is 9.20. The lowest BCUT2D eigenvalue weighted by molar-refractivity contribution is 0.579. The molecule has 1 aromatic rings. The second-order valence-corrected chi connectivity index (χ2v) is 5.86. The van der Waals surface area contributed by atoms with E-state index in [1.165, 1.54) is 18.6 Å². The fourth-order valence-electron chi connectivity index (χ4n) is 2.01. The summed E-state index contributed by atoms with van der Waals surface area (Å²) in [5, 5.41) is 14.9. The van der Waals surface area contributed by atoms with Gasteiger partial charge in [-0.3, -0.25) is 4.99 Å². The van der Waals surface area contributed by atoms with Crippen LogP contribution in [0.15, 0.2) is 4.99 Å². The molecule has 0 aromatic carbocycles. The molecule has 1 saturated heterocycles. The Morgan fingerprint density at radius 2 is 2.30 bits per heavy atom. The zero-order chi connectivity index (χ0) is 13.7. The third-order valence-corrected chi connectivity index (χ3v) is 4.54. The highest BCUT2D eigenvalue weighted by Gasteiger charge is 2.15. The molecule has 1 unspecified atom stereocenters. The fraction of sp³-hybridized carbons (Fsp3) is 0.750. The molecule has 0 saturated carbocycles. The Balaban J connectivity index is 0.00000200. The first-order valence-electron chi connectivity index (χ1n) is 6.60. The third-order valence-electron chi connectivity index (χ3n) is 3.32. The van der Waals surface area contributed by atoms with Gasteiger partial charge in [-0.15, -0.1) is 34.2 Å². The van der Waals surface area contributed by atoms with Gasteiger partial charge in [-0.05, 0) is 25.5 Å². The normalized spacial score (nSPS) is 19.4. The molecule has 0 aliphatic carbocycles. The van der Waals surface area contributed by atoms with Crippen LogP contribution in [0.2, 0.25) is 0 Å². The Bertz CT molecular complexity index is 441. The van der Waals surface area contributed by atoms with Gasteiger partial charge in [0.25, 0.3) is 0 Å². The van der Waals surface area contributed by atoms with Gasteiger partial charge in [0.15, 0.2) is 11.8 Å². The average Bonchev–Trinajstić information content (AvgIpc) is 2.76. The van der Waals surface area contributed by atoms with Gasteiger partial charge in [0.05, 0.1) is 6.54 Å². The van der Waals surface area contributed by atoms with E-state index in [2.05, 4.69) is 25.8 Å². The molecule has 0 amide bonds. The van der Waals surface area contributed by atoms with E-state index in [1.807, 2.05) is 30.3 Å². The zero-order valence-corrected chi connectivity index (χ0v) is 15.4. The van der Waals surface area contributed by atoms with Gasteiger partial charge in [-0.2, -0.15) is 11.8 Å². The molecule has 0 bridgehead atoms. The summed E-state index contributed by atoms with van der Waals surface area (Å²) in [6.45, 7) is 2.58. The standard InChI is InChI=1S/C12H22N6S.HI/c1-9-16-17-11(18(9)3)7-14-12(13-2)15-10-5-4-6-19-8-10;/h10H,4-8H2,1-3H3,(H2,13,14,15);1H. The molecular formula is C12H23IN6S. The van der Waals surface area contributed by atoms with E-state index in [-0.39, 0.29) is 24.0 Å². The van der Waals surface area contributed by atoms with Crippen LogP contribution >= 0.6 is 35.7 Å². The number of hydrogen-bond acceptors (Lipinski definition) is 4. The van der Waals surface area contributed by atoms with E-state index in [1.54, 1.807) is 7.05 Å². The van der Waals surface area contributed by atoms with E-state index in [4.69, 9.17) is 0 Å². The molecule has 2 rings (SSSR count). The summed E-state index contributed by atoms with van der Waals surface area (Å²) in [7, 11) is 3.77. The number of aliphatic imine (C=N–C) groups is 1. The SMILES string of the molecule is CN=C(NCc1nnc(C)n1C)NC1CCCSC1.I.